The van der Waals surface area contributed by atoms with Gasteiger partial charge in [-0.05, 0) is 38.1 Å². The molecule has 0 spiro atoms. The third kappa shape index (κ3) is 2.51. The van der Waals surface area contributed by atoms with Crippen LogP contribution in [0.3, 0.4) is 0 Å². The number of rotatable bonds is 3. The van der Waals surface area contributed by atoms with Crippen LogP contribution in [0.2, 0.25) is 0 Å². The van der Waals surface area contributed by atoms with E-state index in [2.05, 4.69) is 11.8 Å². The van der Waals surface area contributed by atoms with E-state index in [-0.39, 0.29) is 18.1 Å². The van der Waals surface area contributed by atoms with E-state index in [9.17, 15) is 4.79 Å². The van der Waals surface area contributed by atoms with Gasteiger partial charge in [-0.25, -0.2) is 4.79 Å². The summed E-state index contributed by atoms with van der Waals surface area (Å²) in [5.41, 5.74) is 7.04. The molecule has 1 aromatic rings. The van der Waals surface area contributed by atoms with E-state index in [4.69, 9.17) is 15.2 Å². The number of carbonyl (C=O) groups excluding carboxylic acids is 1. The van der Waals surface area contributed by atoms with Gasteiger partial charge in [0.25, 0.3) is 0 Å². The van der Waals surface area contributed by atoms with Crippen molar-refractivity contribution in [3.05, 3.63) is 23.8 Å². The van der Waals surface area contributed by atoms with E-state index in [0.29, 0.717) is 12.1 Å². The summed E-state index contributed by atoms with van der Waals surface area (Å²) >= 11 is 0. The van der Waals surface area contributed by atoms with Gasteiger partial charge in [0.1, 0.15) is 11.9 Å². The number of likely N-dealkylation sites (N-methyl/N-ethyl adjacent to an activating group) is 1. The predicted molar refractivity (Wildman–Crippen MR) is 73.7 cm³/mol. The van der Waals surface area contributed by atoms with Crippen LogP contribution in [0.5, 0.6) is 5.75 Å². The molecule has 2 N–H and O–H groups in total. The second kappa shape index (κ2) is 5.48. The fraction of sp³-hybridized carbons (Fsp3) is 0.500. The SMILES string of the molecule is COC(=O)c1ccc2c(c1)N(C)C(C)C(CCN)O2. The predicted octanol–water partition coefficient (Wildman–Crippen LogP) is 1.41. The van der Waals surface area contributed by atoms with Gasteiger partial charge in [-0.1, -0.05) is 0 Å². The van der Waals surface area contributed by atoms with Crippen molar-refractivity contribution in [2.45, 2.75) is 25.5 Å². The van der Waals surface area contributed by atoms with Crippen LogP contribution in [0.4, 0.5) is 5.69 Å². The second-order valence-corrected chi connectivity index (χ2v) is 4.76. The van der Waals surface area contributed by atoms with Gasteiger partial charge >= 0.3 is 5.97 Å². The molecule has 5 heteroatoms. The molecule has 2 unspecified atom stereocenters. The number of hydrogen-bond donors (Lipinski definition) is 1. The van der Waals surface area contributed by atoms with Crippen LogP contribution in [-0.4, -0.2) is 38.8 Å². The van der Waals surface area contributed by atoms with Crippen molar-refractivity contribution in [3.63, 3.8) is 0 Å². The zero-order valence-electron chi connectivity index (χ0n) is 11.6. The average molecular weight is 264 g/mol. The highest BCUT2D eigenvalue weighted by atomic mass is 16.5. The summed E-state index contributed by atoms with van der Waals surface area (Å²) in [5, 5.41) is 0. The molecule has 0 saturated heterocycles. The Kier molecular flexibility index (Phi) is 3.95. The Bertz CT molecular complexity index is 476. The molecule has 104 valence electrons. The molecule has 0 radical (unpaired) electrons. The van der Waals surface area contributed by atoms with Crippen molar-refractivity contribution in [1.82, 2.24) is 0 Å². The lowest BCUT2D eigenvalue weighted by Gasteiger charge is -2.39. The lowest BCUT2D eigenvalue weighted by molar-refractivity contribution is 0.0600. The van der Waals surface area contributed by atoms with Gasteiger partial charge in [0, 0.05) is 7.05 Å². The molecule has 0 bridgehead atoms. The van der Waals surface area contributed by atoms with Crippen LogP contribution in [0.25, 0.3) is 0 Å². The molecular weight excluding hydrogens is 244 g/mol. The van der Waals surface area contributed by atoms with Crippen molar-refractivity contribution in [2.75, 3.05) is 25.6 Å². The van der Waals surface area contributed by atoms with Crippen LogP contribution in [0.1, 0.15) is 23.7 Å². The monoisotopic (exact) mass is 264 g/mol. The maximum Gasteiger partial charge on any atom is 0.337 e. The molecule has 1 aliphatic rings. The van der Waals surface area contributed by atoms with Crippen LogP contribution in [-0.2, 0) is 4.74 Å². The highest BCUT2D eigenvalue weighted by molar-refractivity contribution is 5.91. The maximum absolute atomic E-state index is 11.6. The summed E-state index contributed by atoms with van der Waals surface area (Å²) in [5.74, 6) is 0.444. The lowest BCUT2D eigenvalue weighted by atomic mass is 10.0. The first-order chi connectivity index (χ1) is 9.08. The number of nitrogens with two attached hydrogens (primary N) is 1. The molecular formula is C14H20N2O3. The van der Waals surface area contributed by atoms with Crippen LogP contribution in [0.15, 0.2) is 18.2 Å². The van der Waals surface area contributed by atoms with E-state index in [1.54, 1.807) is 12.1 Å². The first-order valence-electron chi connectivity index (χ1n) is 6.40. The minimum atomic E-state index is -0.340. The molecule has 0 saturated carbocycles. The number of anilines is 1. The maximum atomic E-state index is 11.6. The zero-order valence-corrected chi connectivity index (χ0v) is 11.6. The average Bonchev–Trinajstić information content (AvgIpc) is 2.43. The minimum Gasteiger partial charge on any atom is -0.486 e. The number of methoxy groups -OCH3 is 1. The summed E-state index contributed by atoms with van der Waals surface area (Å²) < 4.78 is 10.7. The first kappa shape index (κ1) is 13.7. The molecule has 1 aromatic carbocycles. The van der Waals surface area contributed by atoms with Gasteiger partial charge in [-0.2, -0.15) is 0 Å². The Labute approximate surface area is 113 Å². The van der Waals surface area contributed by atoms with Gasteiger partial charge in [-0.15, -0.1) is 0 Å². The number of fused-ring (bicyclic) bond motifs is 1. The summed E-state index contributed by atoms with van der Waals surface area (Å²) in [6.45, 7) is 2.69. The Morgan fingerprint density at radius 1 is 1.53 bits per heavy atom. The number of carbonyl (C=O) groups is 1. The first-order valence-corrected chi connectivity index (χ1v) is 6.40. The van der Waals surface area contributed by atoms with Gasteiger partial charge in [0.05, 0.1) is 24.4 Å². The second-order valence-electron chi connectivity index (χ2n) is 4.76. The van der Waals surface area contributed by atoms with Crippen LogP contribution in [0, 0.1) is 0 Å². The Hall–Kier alpha value is -1.75. The highest BCUT2D eigenvalue weighted by Crippen LogP contribution is 2.36. The molecule has 1 aliphatic heterocycles. The summed E-state index contributed by atoms with van der Waals surface area (Å²) in [6.07, 6.45) is 0.885. The van der Waals surface area contributed by atoms with Gasteiger partial charge < -0.3 is 20.1 Å². The highest BCUT2D eigenvalue weighted by Gasteiger charge is 2.30. The Balaban J connectivity index is 2.33. The fourth-order valence-corrected chi connectivity index (χ4v) is 2.33. The number of esters is 1. The van der Waals surface area contributed by atoms with Gasteiger partial charge in [0.2, 0.25) is 0 Å². The van der Waals surface area contributed by atoms with Crippen molar-refractivity contribution < 1.29 is 14.3 Å². The Morgan fingerprint density at radius 3 is 2.89 bits per heavy atom. The van der Waals surface area contributed by atoms with Gasteiger partial charge in [0.15, 0.2) is 0 Å². The smallest absolute Gasteiger partial charge is 0.337 e. The molecule has 2 rings (SSSR count). The zero-order chi connectivity index (χ0) is 14.0. The number of benzene rings is 1. The van der Waals surface area contributed by atoms with E-state index >= 15 is 0 Å². The third-order valence-electron chi connectivity index (χ3n) is 3.64. The van der Waals surface area contributed by atoms with E-state index in [1.807, 2.05) is 13.1 Å². The van der Waals surface area contributed by atoms with E-state index in [0.717, 1.165) is 17.9 Å². The van der Waals surface area contributed by atoms with Crippen molar-refractivity contribution in [1.29, 1.82) is 0 Å². The largest absolute Gasteiger partial charge is 0.486 e. The van der Waals surface area contributed by atoms with Crippen molar-refractivity contribution in [3.8, 4) is 5.75 Å². The molecule has 2 atom stereocenters. The normalized spacial score (nSPS) is 21.6. The summed E-state index contributed by atoms with van der Waals surface area (Å²) in [6, 6.07) is 5.54. The standard InChI is InChI=1S/C14H20N2O3/c1-9-12(6-7-15)19-13-5-4-10(14(17)18-3)8-11(13)16(9)2/h4-5,8-9,12H,6-7,15H2,1-3H3. The molecule has 19 heavy (non-hydrogen) atoms. The lowest BCUT2D eigenvalue weighted by Crippen LogP contribution is -2.46. The van der Waals surface area contributed by atoms with E-state index < -0.39 is 0 Å². The topological polar surface area (TPSA) is 64.8 Å². The fourth-order valence-electron chi connectivity index (χ4n) is 2.33. The van der Waals surface area contributed by atoms with Crippen LogP contribution < -0.4 is 15.4 Å². The summed E-state index contributed by atoms with van der Waals surface area (Å²) in [4.78, 5) is 13.7. The molecule has 0 fully saturated rings. The quantitative estimate of drug-likeness (QED) is 0.836. The molecule has 0 amide bonds. The van der Waals surface area contributed by atoms with Crippen molar-refractivity contribution >= 4 is 11.7 Å². The summed E-state index contributed by atoms with van der Waals surface area (Å²) in [7, 11) is 3.37. The molecule has 0 aliphatic carbocycles. The Morgan fingerprint density at radius 2 is 2.26 bits per heavy atom. The third-order valence-corrected chi connectivity index (χ3v) is 3.64. The molecule has 5 nitrogen and oxygen atoms in total. The number of nitrogens with zero attached hydrogens (tertiary/aromatic N) is 1. The van der Waals surface area contributed by atoms with Crippen LogP contribution >= 0.6 is 0 Å². The molecule has 1 heterocycles. The van der Waals surface area contributed by atoms with Gasteiger partial charge in [-0.3, -0.25) is 0 Å². The minimum absolute atomic E-state index is 0.0754. The number of ether oxygens (including phenoxy) is 2. The van der Waals surface area contributed by atoms with E-state index in [1.165, 1.54) is 7.11 Å². The molecule has 0 aromatic heterocycles. The number of hydrogen-bond acceptors (Lipinski definition) is 5. The van der Waals surface area contributed by atoms with Crippen molar-refractivity contribution in [2.24, 2.45) is 5.73 Å².